The second-order valence-corrected chi connectivity index (χ2v) is 7.96. The SMILES string of the molecule is COc1cccc(CNC(=O)Cn2nc3ccc(Sc4cccc(F)c4)nn3c2=O)c1OC. The molecule has 0 bridgehead atoms. The molecule has 0 unspecified atom stereocenters. The lowest BCUT2D eigenvalue weighted by Crippen LogP contribution is -2.32. The van der Waals surface area contributed by atoms with Gasteiger partial charge < -0.3 is 14.8 Å². The summed E-state index contributed by atoms with van der Waals surface area (Å²) in [5.74, 6) is 0.319. The Morgan fingerprint density at radius 3 is 2.67 bits per heavy atom. The summed E-state index contributed by atoms with van der Waals surface area (Å²) in [5.41, 5.74) is 0.472. The minimum absolute atomic E-state index is 0.188. The molecule has 9 nitrogen and oxygen atoms in total. The van der Waals surface area contributed by atoms with E-state index in [-0.39, 0.29) is 18.9 Å². The molecule has 2 aromatic heterocycles. The van der Waals surface area contributed by atoms with E-state index in [2.05, 4.69) is 15.5 Å². The van der Waals surface area contributed by atoms with Gasteiger partial charge in [0.1, 0.15) is 17.4 Å². The fraction of sp³-hybridized carbons (Fsp3) is 0.182. The highest BCUT2D eigenvalue weighted by molar-refractivity contribution is 7.99. The van der Waals surface area contributed by atoms with E-state index in [1.54, 1.807) is 42.5 Å². The van der Waals surface area contributed by atoms with Crippen LogP contribution in [0.25, 0.3) is 5.65 Å². The average molecular weight is 469 g/mol. The van der Waals surface area contributed by atoms with Crippen LogP contribution in [0.4, 0.5) is 4.39 Å². The lowest BCUT2D eigenvalue weighted by atomic mass is 10.2. The summed E-state index contributed by atoms with van der Waals surface area (Å²) in [4.78, 5) is 25.8. The molecule has 2 heterocycles. The fourth-order valence-corrected chi connectivity index (χ4v) is 4.00. The number of nitrogens with one attached hydrogen (secondary N) is 1. The van der Waals surface area contributed by atoms with Crippen molar-refractivity contribution in [2.24, 2.45) is 0 Å². The first-order valence-electron chi connectivity index (χ1n) is 9.85. The van der Waals surface area contributed by atoms with Gasteiger partial charge in [0.25, 0.3) is 0 Å². The van der Waals surface area contributed by atoms with Crippen molar-refractivity contribution in [3.05, 3.63) is 76.5 Å². The molecule has 33 heavy (non-hydrogen) atoms. The van der Waals surface area contributed by atoms with Crippen molar-refractivity contribution in [3.63, 3.8) is 0 Å². The molecular weight excluding hydrogens is 449 g/mol. The summed E-state index contributed by atoms with van der Waals surface area (Å²) in [5, 5.41) is 11.7. The number of carbonyl (C=O) groups is 1. The van der Waals surface area contributed by atoms with Crippen LogP contribution >= 0.6 is 11.8 Å². The number of nitrogens with zero attached hydrogens (tertiary/aromatic N) is 4. The normalized spacial score (nSPS) is 10.9. The molecule has 0 saturated carbocycles. The number of amides is 1. The van der Waals surface area contributed by atoms with Gasteiger partial charge in [-0.3, -0.25) is 4.79 Å². The van der Waals surface area contributed by atoms with Gasteiger partial charge in [-0.1, -0.05) is 30.0 Å². The number of aromatic nitrogens is 4. The molecule has 0 atom stereocenters. The lowest BCUT2D eigenvalue weighted by molar-refractivity contribution is -0.122. The van der Waals surface area contributed by atoms with Gasteiger partial charge in [-0.05, 0) is 36.4 Å². The van der Waals surface area contributed by atoms with Gasteiger partial charge in [0.05, 0.1) is 14.2 Å². The first-order chi connectivity index (χ1) is 16.0. The summed E-state index contributed by atoms with van der Waals surface area (Å²) >= 11 is 1.21. The van der Waals surface area contributed by atoms with Crippen LogP contribution in [0.1, 0.15) is 5.56 Å². The van der Waals surface area contributed by atoms with Crippen LogP contribution in [0.15, 0.2) is 69.3 Å². The third kappa shape index (κ3) is 4.98. The Morgan fingerprint density at radius 2 is 1.91 bits per heavy atom. The zero-order chi connectivity index (χ0) is 23.4. The molecule has 0 aliphatic rings. The number of benzene rings is 2. The number of hydrogen-bond acceptors (Lipinski definition) is 7. The minimum atomic E-state index is -0.555. The molecule has 1 amide bonds. The Bertz CT molecular complexity index is 1370. The number of ether oxygens (including phenoxy) is 2. The highest BCUT2D eigenvalue weighted by atomic mass is 32.2. The Hall–Kier alpha value is -3.86. The van der Waals surface area contributed by atoms with Crippen molar-refractivity contribution in [2.45, 2.75) is 23.0 Å². The van der Waals surface area contributed by atoms with Crippen LogP contribution < -0.4 is 20.5 Å². The molecule has 0 saturated heterocycles. The smallest absolute Gasteiger partial charge is 0.367 e. The molecule has 0 radical (unpaired) electrons. The van der Waals surface area contributed by atoms with Gasteiger partial charge >= 0.3 is 5.69 Å². The first-order valence-corrected chi connectivity index (χ1v) is 10.7. The minimum Gasteiger partial charge on any atom is -0.493 e. The fourth-order valence-electron chi connectivity index (χ4n) is 3.18. The number of para-hydroxylation sites is 1. The number of rotatable bonds is 8. The maximum Gasteiger partial charge on any atom is 0.367 e. The van der Waals surface area contributed by atoms with Crippen LogP contribution in [0.5, 0.6) is 11.5 Å². The van der Waals surface area contributed by atoms with E-state index in [1.807, 2.05) is 0 Å². The molecule has 4 aromatic rings. The molecule has 1 N–H and O–H groups in total. The molecule has 2 aromatic carbocycles. The number of hydrogen-bond donors (Lipinski definition) is 1. The van der Waals surface area contributed by atoms with Gasteiger partial charge in [0, 0.05) is 17.0 Å². The molecule has 0 spiro atoms. The van der Waals surface area contributed by atoms with Gasteiger partial charge in [0.2, 0.25) is 5.91 Å². The molecule has 0 aliphatic heterocycles. The summed E-state index contributed by atoms with van der Waals surface area (Å²) in [6, 6.07) is 14.7. The maximum absolute atomic E-state index is 13.4. The van der Waals surface area contributed by atoms with Crippen molar-refractivity contribution < 1.29 is 18.7 Å². The second-order valence-electron chi connectivity index (χ2n) is 6.87. The van der Waals surface area contributed by atoms with Gasteiger partial charge in [-0.2, -0.15) is 9.61 Å². The molecule has 0 aliphatic carbocycles. The van der Waals surface area contributed by atoms with Gasteiger partial charge in [-0.25, -0.2) is 13.9 Å². The zero-order valence-electron chi connectivity index (χ0n) is 17.8. The van der Waals surface area contributed by atoms with Gasteiger partial charge in [0.15, 0.2) is 17.1 Å². The van der Waals surface area contributed by atoms with Crippen molar-refractivity contribution in [1.82, 2.24) is 24.7 Å². The van der Waals surface area contributed by atoms with Gasteiger partial charge in [-0.15, -0.1) is 5.10 Å². The molecule has 0 fully saturated rings. The van der Waals surface area contributed by atoms with E-state index in [1.165, 1.54) is 38.1 Å². The lowest BCUT2D eigenvalue weighted by Gasteiger charge is -2.13. The highest BCUT2D eigenvalue weighted by Crippen LogP contribution is 2.30. The summed E-state index contributed by atoms with van der Waals surface area (Å²) in [6.45, 7) is -0.0884. The third-order valence-electron chi connectivity index (χ3n) is 4.69. The van der Waals surface area contributed by atoms with Crippen LogP contribution in [-0.2, 0) is 17.9 Å². The number of halogens is 1. The zero-order valence-corrected chi connectivity index (χ0v) is 18.6. The monoisotopic (exact) mass is 469 g/mol. The standard InChI is InChI=1S/C22H20FN5O4S/c1-31-17-8-3-5-14(21(17)32-2)12-24-19(29)13-27-22(30)28-18(25-27)9-10-20(26-28)33-16-7-4-6-15(23)11-16/h3-11H,12-13H2,1-2H3,(H,24,29). The van der Waals surface area contributed by atoms with E-state index < -0.39 is 11.6 Å². The summed E-state index contributed by atoms with van der Waals surface area (Å²) in [6.07, 6.45) is 0. The topological polar surface area (TPSA) is 99.7 Å². The van der Waals surface area contributed by atoms with E-state index in [0.29, 0.717) is 27.1 Å². The Labute approximate surface area is 192 Å². The Morgan fingerprint density at radius 1 is 1.09 bits per heavy atom. The van der Waals surface area contributed by atoms with Crippen molar-refractivity contribution in [1.29, 1.82) is 0 Å². The van der Waals surface area contributed by atoms with E-state index in [0.717, 1.165) is 14.8 Å². The summed E-state index contributed by atoms with van der Waals surface area (Å²) < 4.78 is 26.2. The van der Waals surface area contributed by atoms with Crippen LogP contribution in [0, 0.1) is 5.82 Å². The van der Waals surface area contributed by atoms with Crippen LogP contribution in [-0.4, -0.2) is 39.5 Å². The van der Waals surface area contributed by atoms with Crippen molar-refractivity contribution in [3.8, 4) is 11.5 Å². The molecular formula is C22H20FN5O4S. The summed E-state index contributed by atoms with van der Waals surface area (Å²) in [7, 11) is 3.05. The van der Waals surface area contributed by atoms with E-state index in [9.17, 15) is 14.0 Å². The van der Waals surface area contributed by atoms with E-state index in [4.69, 9.17) is 9.47 Å². The first kappa shape index (κ1) is 22.3. The molecule has 4 rings (SSSR count). The largest absolute Gasteiger partial charge is 0.493 e. The predicted molar refractivity (Wildman–Crippen MR) is 119 cm³/mol. The molecule has 11 heteroatoms. The maximum atomic E-state index is 13.4. The quantitative estimate of drug-likeness (QED) is 0.423. The van der Waals surface area contributed by atoms with Crippen LogP contribution in [0.2, 0.25) is 0 Å². The highest BCUT2D eigenvalue weighted by Gasteiger charge is 2.14. The second kappa shape index (κ2) is 9.74. The number of carbonyl (C=O) groups excluding carboxylic acids is 1. The van der Waals surface area contributed by atoms with Crippen LogP contribution in [0.3, 0.4) is 0 Å². The molecule has 170 valence electrons. The van der Waals surface area contributed by atoms with Crippen molar-refractivity contribution in [2.75, 3.05) is 14.2 Å². The number of fused-ring (bicyclic) bond motifs is 1. The van der Waals surface area contributed by atoms with Crippen molar-refractivity contribution >= 4 is 23.3 Å². The van der Waals surface area contributed by atoms with E-state index >= 15 is 0 Å². The third-order valence-corrected chi connectivity index (χ3v) is 5.60. The Kier molecular flexibility index (Phi) is 6.59. The Balaban J connectivity index is 1.47. The predicted octanol–water partition coefficient (Wildman–Crippen LogP) is 2.51. The average Bonchev–Trinajstić information content (AvgIpc) is 3.12. The number of methoxy groups -OCH3 is 2.